The molecule has 1 rings (SSSR count). The third-order valence-corrected chi connectivity index (χ3v) is 1.98. The molecule has 0 aromatic heterocycles. The van der Waals surface area contributed by atoms with Crippen LogP contribution in [0.15, 0.2) is 24.3 Å². The van der Waals surface area contributed by atoms with Crippen LogP contribution in [0, 0.1) is 11.8 Å². The van der Waals surface area contributed by atoms with E-state index in [9.17, 15) is 5.11 Å². The zero-order chi connectivity index (χ0) is 10.2. The Morgan fingerprint density at radius 1 is 1.29 bits per heavy atom. The lowest BCUT2D eigenvalue weighted by atomic mass is 10.2. The molecular weight excluding hydrogens is 172 g/mol. The van der Waals surface area contributed by atoms with Gasteiger partial charge in [-0.15, -0.1) is 0 Å². The smallest absolute Gasteiger partial charge is 0.116 e. The van der Waals surface area contributed by atoms with E-state index in [-0.39, 0.29) is 5.75 Å². The summed E-state index contributed by atoms with van der Waals surface area (Å²) in [6.07, 6.45) is 4.59. The molecule has 0 spiro atoms. The Hall–Kier alpha value is -1.42. The molecule has 0 aliphatic carbocycles. The summed E-state index contributed by atoms with van der Waals surface area (Å²) in [6, 6.07) is 7.06. The highest BCUT2D eigenvalue weighted by Gasteiger charge is 1.88. The van der Waals surface area contributed by atoms with Gasteiger partial charge in [-0.2, -0.15) is 0 Å². The highest BCUT2D eigenvalue weighted by molar-refractivity contribution is 5.38. The molecule has 0 aliphatic heterocycles. The van der Waals surface area contributed by atoms with E-state index in [1.165, 1.54) is 19.3 Å². The summed E-state index contributed by atoms with van der Waals surface area (Å²) in [5, 5.41) is 9.19. The summed E-state index contributed by atoms with van der Waals surface area (Å²) in [5.74, 6) is 6.42. The van der Waals surface area contributed by atoms with Gasteiger partial charge in [0.15, 0.2) is 0 Å². The highest BCUT2D eigenvalue weighted by atomic mass is 16.3. The first kappa shape index (κ1) is 10.7. The number of phenols is 1. The fourth-order valence-electron chi connectivity index (χ4n) is 1.21. The van der Waals surface area contributed by atoms with E-state index in [0.29, 0.717) is 0 Å². The van der Waals surface area contributed by atoms with Gasteiger partial charge in [0.05, 0.1) is 0 Å². The number of aromatic hydroxyl groups is 1. The molecule has 0 amide bonds. The van der Waals surface area contributed by atoms with Crippen molar-refractivity contribution in [3.05, 3.63) is 29.8 Å². The average molecular weight is 188 g/mol. The van der Waals surface area contributed by atoms with Gasteiger partial charge in [-0.05, 0) is 24.6 Å². The Labute approximate surface area is 85.8 Å². The molecule has 0 saturated heterocycles. The molecule has 1 aromatic carbocycles. The summed E-state index contributed by atoms with van der Waals surface area (Å²) in [7, 11) is 0. The standard InChI is InChI=1S/C13H16O/c1-2-3-4-5-6-8-12-9-7-10-13(14)11-12/h7,9-11,14H,2-5H2,1H3. The van der Waals surface area contributed by atoms with Crippen molar-refractivity contribution in [3.63, 3.8) is 0 Å². The quantitative estimate of drug-likeness (QED) is 0.570. The lowest BCUT2D eigenvalue weighted by Crippen LogP contribution is -1.74. The third kappa shape index (κ3) is 4.00. The molecular formula is C13H16O. The zero-order valence-corrected chi connectivity index (χ0v) is 8.59. The molecule has 74 valence electrons. The van der Waals surface area contributed by atoms with Gasteiger partial charge in [0.25, 0.3) is 0 Å². The van der Waals surface area contributed by atoms with Crippen LogP contribution in [-0.2, 0) is 0 Å². The summed E-state index contributed by atoms with van der Waals surface area (Å²) in [6.45, 7) is 2.18. The van der Waals surface area contributed by atoms with Gasteiger partial charge in [0.1, 0.15) is 5.75 Å². The van der Waals surface area contributed by atoms with E-state index in [1.54, 1.807) is 12.1 Å². The maximum atomic E-state index is 9.19. The SMILES string of the molecule is CCCCCC#Cc1cccc(O)c1. The minimum absolute atomic E-state index is 0.283. The first-order valence-electron chi connectivity index (χ1n) is 5.11. The van der Waals surface area contributed by atoms with Gasteiger partial charge in [-0.25, -0.2) is 0 Å². The van der Waals surface area contributed by atoms with Crippen molar-refractivity contribution in [1.82, 2.24) is 0 Å². The lowest BCUT2D eigenvalue weighted by Gasteiger charge is -1.92. The highest BCUT2D eigenvalue weighted by Crippen LogP contribution is 2.09. The molecule has 14 heavy (non-hydrogen) atoms. The first-order valence-corrected chi connectivity index (χ1v) is 5.11. The number of rotatable bonds is 3. The second-order valence-electron chi connectivity index (χ2n) is 3.31. The van der Waals surface area contributed by atoms with Gasteiger partial charge in [-0.1, -0.05) is 37.7 Å². The molecule has 0 saturated carbocycles. The second-order valence-corrected chi connectivity index (χ2v) is 3.31. The lowest BCUT2D eigenvalue weighted by molar-refractivity contribution is 0.475. The topological polar surface area (TPSA) is 20.2 Å². The Morgan fingerprint density at radius 2 is 2.14 bits per heavy atom. The van der Waals surface area contributed by atoms with E-state index >= 15 is 0 Å². The molecule has 0 bridgehead atoms. The van der Waals surface area contributed by atoms with Gasteiger partial charge in [0, 0.05) is 12.0 Å². The number of unbranched alkanes of at least 4 members (excludes halogenated alkanes) is 3. The number of phenolic OH excluding ortho intramolecular Hbond substituents is 1. The van der Waals surface area contributed by atoms with Crippen LogP contribution in [0.1, 0.15) is 38.2 Å². The summed E-state index contributed by atoms with van der Waals surface area (Å²) in [4.78, 5) is 0. The molecule has 0 aliphatic rings. The van der Waals surface area contributed by atoms with E-state index in [0.717, 1.165) is 12.0 Å². The molecule has 0 atom stereocenters. The summed E-state index contributed by atoms with van der Waals surface area (Å²) >= 11 is 0. The third-order valence-electron chi connectivity index (χ3n) is 1.98. The van der Waals surface area contributed by atoms with Crippen molar-refractivity contribution in [1.29, 1.82) is 0 Å². The van der Waals surface area contributed by atoms with Crippen LogP contribution in [0.5, 0.6) is 5.75 Å². The van der Waals surface area contributed by atoms with Gasteiger partial charge >= 0.3 is 0 Å². The number of hydrogen-bond donors (Lipinski definition) is 1. The Bertz CT molecular complexity index is 331. The largest absolute Gasteiger partial charge is 0.508 e. The van der Waals surface area contributed by atoms with E-state index in [4.69, 9.17) is 0 Å². The molecule has 1 nitrogen and oxygen atoms in total. The fraction of sp³-hybridized carbons (Fsp3) is 0.385. The van der Waals surface area contributed by atoms with E-state index in [2.05, 4.69) is 18.8 Å². The monoisotopic (exact) mass is 188 g/mol. The second kappa shape index (κ2) is 6.10. The Balaban J connectivity index is 2.43. The maximum Gasteiger partial charge on any atom is 0.116 e. The van der Waals surface area contributed by atoms with Crippen LogP contribution in [-0.4, -0.2) is 5.11 Å². The van der Waals surface area contributed by atoms with Crippen LogP contribution < -0.4 is 0 Å². The van der Waals surface area contributed by atoms with E-state index < -0.39 is 0 Å². The molecule has 0 fully saturated rings. The summed E-state index contributed by atoms with van der Waals surface area (Å²) in [5.41, 5.74) is 0.890. The minimum atomic E-state index is 0.283. The van der Waals surface area contributed by atoms with Crippen LogP contribution in [0.25, 0.3) is 0 Å². The maximum absolute atomic E-state index is 9.19. The van der Waals surface area contributed by atoms with Crippen LogP contribution in [0.2, 0.25) is 0 Å². The predicted octanol–water partition coefficient (Wildman–Crippen LogP) is 3.32. The molecule has 0 radical (unpaired) electrons. The average Bonchev–Trinajstić information content (AvgIpc) is 2.18. The zero-order valence-electron chi connectivity index (χ0n) is 8.59. The predicted molar refractivity (Wildman–Crippen MR) is 59.1 cm³/mol. The Morgan fingerprint density at radius 3 is 2.86 bits per heavy atom. The number of hydrogen-bond acceptors (Lipinski definition) is 1. The normalized spacial score (nSPS) is 9.21. The fourth-order valence-corrected chi connectivity index (χ4v) is 1.21. The molecule has 1 aromatic rings. The van der Waals surface area contributed by atoms with Crippen LogP contribution in [0.3, 0.4) is 0 Å². The number of benzene rings is 1. The van der Waals surface area contributed by atoms with Crippen molar-refractivity contribution < 1.29 is 5.11 Å². The van der Waals surface area contributed by atoms with Gasteiger partial charge in [-0.3, -0.25) is 0 Å². The van der Waals surface area contributed by atoms with Crippen molar-refractivity contribution in [2.75, 3.05) is 0 Å². The van der Waals surface area contributed by atoms with Crippen LogP contribution in [0.4, 0.5) is 0 Å². The first-order chi connectivity index (χ1) is 6.83. The molecule has 0 unspecified atom stereocenters. The molecule has 1 N–H and O–H groups in total. The van der Waals surface area contributed by atoms with Crippen molar-refractivity contribution in [2.24, 2.45) is 0 Å². The van der Waals surface area contributed by atoms with Gasteiger partial charge in [0.2, 0.25) is 0 Å². The van der Waals surface area contributed by atoms with E-state index in [1.807, 2.05) is 12.1 Å². The van der Waals surface area contributed by atoms with Crippen LogP contribution >= 0.6 is 0 Å². The van der Waals surface area contributed by atoms with Crippen molar-refractivity contribution >= 4 is 0 Å². The molecule has 1 heteroatoms. The Kier molecular flexibility index (Phi) is 4.64. The molecule has 0 heterocycles. The van der Waals surface area contributed by atoms with Gasteiger partial charge < -0.3 is 5.11 Å². The van der Waals surface area contributed by atoms with Crippen molar-refractivity contribution in [2.45, 2.75) is 32.6 Å². The van der Waals surface area contributed by atoms with Crippen molar-refractivity contribution in [3.8, 4) is 17.6 Å². The minimum Gasteiger partial charge on any atom is -0.508 e. The summed E-state index contributed by atoms with van der Waals surface area (Å²) < 4.78 is 0.